The molecule has 6 nitrogen and oxygen atoms in total. The molecule has 2 aromatic heterocycles. The molecule has 0 fully saturated rings. The predicted octanol–water partition coefficient (Wildman–Crippen LogP) is 9.11. The summed E-state index contributed by atoms with van der Waals surface area (Å²) in [5, 5.41) is 3.84. The number of hydrogen-bond acceptors (Lipinski definition) is 7. The highest BCUT2D eigenvalue weighted by molar-refractivity contribution is 7.19. The monoisotopic (exact) mass is 623 g/mol. The summed E-state index contributed by atoms with van der Waals surface area (Å²) in [6.07, 6.45) is 4.21. The Morgan fingerprint density at radius 2 is 1.73 bits per heavy atom. The van der Waals surface area contributed by atoms with Crippen molar-refractivity contribution in [2.24, 2.45) is 0 Å². The number of hydrogen-bond donors (Lipinski definition) is 0. The van der Waals surface area contributed by atoms with Gasteiger partial charge in [-0.3, -0.25) is 0 Å². The van der Waals surface area contributed by atoms with Gasteiger partial charge in [-0.25, -0.2) is 9.78 Å². The number of nitrogens with zero attached hydrogens (tertiary/aromatic N) is 2. The maximum atomic E-state index is 13.8. The van der Waals surface area contributed by atoms with Crippen LogP contribution in [0, 0.1) is 4.91 Å². The lowest BCUT2D eigenvalue weighted by Crippen LogP contribution is -2.18. The molecule has 0 saturated heterocycles. The average Bonchev–Trinajstić information content (AvgIpc) is 3.66. The topological polar surface area (TPSA) is 68.5 Å². The van der Waals surface area contributed by atoms with E-state index in [1.54, 1.807) is 31.3 Å². The first-order chi connectivity index (χ1) is 21.4. The van der Waals surface area contributed by atoms with Gasteiger partial charge in [0.15, 0.2) is 5.01 Å². The van der Waals surface area contributed by atoms with Crippen molar-refractivity contribution in [2.45, 2.75) is 46.4 Å². The zero-order chi connectivity index (χ0) is 30.9. The summed E-state index contributed by atoms with van der Waals surface area (Å²) in [5.41, 5.74) is 4.28. The van der Waals surface area contributed by atoms with E-state index in [1.165, 1.54) is 16.0 Å². The molecule has 0 aliphatic rings. The second-order valence-corrected chi connectivity index (χ2v) is 12.6. The van der Waals surface area contributed by atoms with Crippen LogP contribution in [0.1, 0.15) is 53.5 Å². The minimum atomic E-state index is -0.472. The highest BCUT2D eigenvalue weighted by atomic mass is 32.1. The van der Waals surface area contributed by atoms with Crippen LogP contribution >= 0.6 is 22.7 Å². The Morgan fingerprint density at radius 3 is 2.48 bits per heavy atom. The summed E-state index contributed by atoms with van der Waals surface area (Å²) < 4.78 is 13.4. The summed E-state index contributed by atoms with van der Waals surface area (Å²) >= 11 is 3.12. The van der Waals surface area contributed by atoms with Crippen molar-refractivity contribution in [2.75, 3.05) is 6.61 Å². The van der Waals surface area contributed by atoms with Crippen molar-refractivity contribution in [3.63, 3.8) is 0 Å². The lowest BCUT2D eigenvalue weighted by Gasteiger charge is -2.10. The number of aromatic nitrogens is 1. The van der Waals surface area contributed by atoms with Crippen molar-refractivity contribution in [1.82, 2.24) is 4.98 Å². The van der Waals surface area contributed by atoms with E-state index < -0.39 is 6.04 Å². The SMILES string of the molecule is CCOC(=O)/C(C)=C\C(C)=C\c1csc([C@H](Cc2ccc(OCc3ccccc3)cc2)[N+](=O)Cc2cc3ccccc3s2)n1. The fourth-order valence-electron chi connectivity index (χ4n) is 4.82. The Labute approximate surface area is 265 Å². The number of esters is 1. The molecule has 0 radical (unpaired) electrons. The van der Waals surface area contributed by atoms with Crippen LogP contribution in [-0.4, -0.2) is 22.3 Å². The van der Waals surface area contributed by atoms with E-state index in [0.717, 1.165) is 48.2 Å². The smallest absolute Gasteiger partial charge is 0.333 e. The predicted molar refractivity (Wildman–Crippen MR) is 179 cm³/mol. The molecule has 44 heavy (non-hydrogen) atoms. The van der Waals surface area contributed by atoms with Gasteiger partial charge in [0.05, 0.1) is 17.2 Å². The first-order valence-electron chi connectivity index (χ1n) is 14.5. The molecule has 5 aromatic rings. The van der Waals surface area contributed by atoms with Gasteiger partial charge in [-0.2, -0.15) is 0 Å². The van der Waals surface area contributed by atoms with Gasteiger partial charge in [-0.15, -0.1) is 22.7 Å². The van der Waals surface area contributed by atoms with Crippen molar-refractivity contribution >= 4 is 44.8 Å². The number of benzene rings is 3. The Balaban J connectivity index is 1.35. The van der Waals surface area contributed by atoms with Crippen LogP contribution < -0.4 is 4.74 Å². The Hall–Kier alpha value is -4.40. The molecular weight excluding hydrogens is 589 g/mol. The van der Waals surface area contributed by atoms with Gasteiger partial charge in [0.2, 0.25) is 6.54 Å². The lowest BCUT2D eigenvalue weighted by molar-refractivity contribution is -0.606. The Bertz CT molecular complexity index is 1750. The Kier molecular flexibility index (Phi) is 10.5. The molecule has 0 N–H and O–H groups in total. The number of carbonyl (C=O) groups excluding carboxylic acids is 1. The molecule has 0 unspecified atom stereocenters. The number of allylic oxidation sites excluding steroid dienone is 2. The van der Waals surface area contributed by atoms with E-state index in [9.17, 15) is 9.70 Å². The minimum absolute atomic E-state index is 0.271. The summed E-state index contributed by atoms with van der Waals surface area (Å²) in [5.74, 6) is 0.445. The van der Waals surface area contributed by atoms with Crippen LogP contribution in [0.15, 0.2) is 108 Å². The van der Waals surface area contributed by atoms with Crippen LogP contribution in [-0.2, 0) is 29.1 Å². The molecule has 0 spiro atoms. The standard InChI is InChI=1S/C36H35N2O4S2/c1-4-41-36(39)26(3)18-25(2)19-30-24-43-35(37-30)33(38(40)22-32-21-29-12-8-9-13-34(29)44-32)20-27-14-16-31(17-15-27)42-23-28-10-6-5-7-11-28/h5-19,21,24,33H,4,20,22-23H2,1-3H3/q+1/b25-19+,26-18-/t33-/m0/s1. The maximum absolute atomic E-state index is 13.8. The molecule has 2 heterocycles. The highest BCUT2D eigenvalue weighted by Crippen LogP contribution is 2.31. The van der Waals surface area contributed by atoms with Crippen molar-refractivity contribution in [1.29, 1.82) is 0 Å². The molecule has 0 saturated carbocycles. The molecule has 3 aromatic carbocycles. The molecule has 0 aliphatic carbocycles. The lowest BCUT2D eigenvalue weighted by atomic mass is 10.1. The minimum Gasteiger partial charge on any atom is -0.489 e. The number of carbonyl (C=O) groups is 1. The second kappa shape index (κ2) is 14.9. The van der Waals surface area contributed by atoms with E-state index in [4.69, 9.17) is 14.5 Å². The van der Waals surface area contributed by atoms with Gasteiger partial charge in [0.25, 0.3) is 6.04 Å². The molecule has 0 bridgehead atoms. The largest absolute Gasteiger partial charge is 0.489 e. The number of fused-ring (bicyclic) bond motifs is 1. The van der Waals surface area contributed by atoms with E-state index in [0.29, 0.717) is 25.2 Å². The molecule has 0 amide bonds. The number of thiophene rings is 1. The van der Waals surface area contributed by atoms with Crippen LogP contribution in [0.5, 0.6) is 5.75 Å². The molecular formula is C36H35N2O4S2+. The fourth-order valence-corrected chi connectivity index (χ4v) is 6.75. The van der Waals surface area contributed by atoms with Crippen molar-refractivity contribution < 1.29 is 19.0 Å². The normalized spacial score (nSPS) is 12.7. The summed E-state index contributed by atoms with van der Waals surface area (Å²) in [7, 11) is 0. The number of thiazole rings is 1. The molecule has 1 atom stereocenters. The zero-order valence-electron chi connectivity index (χ0n) is 25.1. The van der Waals surface area contributed by atoms with Crippen molar-refractivity contribution in [3.8, 4) is 5.75 Å². The first-order valence-corrected chi connectivity index (χ1v) is 16.2. The third-order valence-corrected chi connectivity index (χ3v) is 9.04. The number of rotatable bonds is 13. The summed E-state index contributed by atoms with van der Waals surface area (Å²) in [6, 6.07) is 27.8. The van der Waals surface area contributed by atoms with Crippen LogP contribution in [0.3, 0.4) is 0 Å². The van der Waals surface area contributed by atoms with E-state index in [1.807, 2.05) is 85.1 Å². The maximum Gasteiger partial charge on any atom is 0.333 e. The van der Waals surface area contributed by atoms with E-state index >= 15 is 0 Å². The van der Waals surface area contributed by atoms with Gasteiger partial charge < -0.3 is 9.47 Å². The van der Waals surface area contributed by atoms with Crippen molar-refractivity contribution in [3.05, 3.63) is 139 Å². The average molecular weight is 624 g/mol. The molecule has 8 heteroatoms. The third kappa shape index (κ3) is 8.36. The Morgan fingerprint density at radius 1 is 0.977 bits per heavy atom. The molecule has 5 rings (SSSR count). The first kappa shape index (κ1) is 31.0. The van der Waals surface area contributed by atoms with Crippen LogP contribution in [0.25, 0.3) is 16.2 Å². The van der Waals surface area contributed by atoms with Gasteiger partial charge in [0.1, 0.15) is 12.4 Å². The second-order valence-electron chi connectivity index (χ2n) is 10.5. The quantitative estimate of drug-likeness (QED) is 0.0566. The molecule has 0 aliphatic heterocycles. The van der Waals surface area contributed by atoms with E-state index in [-0.39, 0.29) is 12.5 Å². The number of ether oxygens (including phenoxy) is 2. The molecule has 224 valence electrons. The highest BCUT2D eigenvalue weighted by Gasteiger charge is 2.31. The van der Waals surface area contributed by atoms with Gasteiger partial charge in [0, 0.05) is 31.7 Å². The van der Waals surface area contributed by atoms with Gasteiger partial charge in [-0.1, -0.05) is 60.7 Å². The van der Waals surface area contributed by atoms with Gasteiger partial charge >= 0.3 is 5.97 Å². The van der Waals surface area contributed by atoms with Crippen LogP contribution in [0.2, 0.25) is 0 Å². The van der Waals surface area contributed by atoms with Crippen LogP contribution in [0.4, 0.5) is 0 Å². The summed E-state index contributed by atoms with van der Waals surface area (Å²) in [6.45, 7) is 6.54. The summed E-state index contributed by atoms with van der Waals surface area (Å²) in [4.78, 5) is 31.7. The third-order valence-electron chi connectivity index (χ3n) is 6.98. The number of nitroso groups, excluding NO2 is 1. The zero-order valence-corrected chi connectivity index (χ0v) is 26.7. The van der Waals surface area contributed by atoms with Gasteiger partial charge in [-0.05, 0) is 79.3 Å². The van der Waals surface area contributed by atoms with E-state index in [2.05, 4.69) is 18.2 Å². The fraction of sp³-hybridized carbons (Fsp3) is 0.222.